The largest absolute Gasteiger partial charge is 0.478 e. The third-order valence-corrected chi connectivity index (χ3v) is 3.78. The molecule has 1 rings (SSSR count). The van der Waals surface area contributed by atoms with E-state index >= 15 is 0 Å². The van der Waals surface area contributed by atoms with Crippen LogP contribution in [0.15, 0.2) is 23.1 Å². The van der Waals surface area contributed by atoms with Crippen LogP contribution in [-0.2, 0) is 10.0 Å². The minimum atomic E-state index is -3.81. The molecule has 1 aromatic rings. The number of carboxylic acid groups (broad SMARTS) is 1. The highest BCUT2D eigenvalue weighted by Crippen LogP contribution is 2.20. The fourth-order valence-corrected chi connectivity index (χ4v) is 2.62. The summed E-state index contributed by atoms with van der Waals surface area (Å²) < 4.78 is 25.7. The Morgan fingerprint density at radius 2 is 2.11 bits per heavy atom. The monoisotopic (exact) mass is 293 g/mol. The standard InChI is InChI=1S/C10H12ClNO5S/c1-6(13)5-12-18(16,17)7-2-3-8(10(14)15)9(11)4-7/h2-4,6,12-13H,5H2,1H3,(H,14,15)/t6-/m1/s1. The van der Waals surface area contributed by atoms with Gasteiger partial charge in [0.1, 0.15) is 0 Å². The predicted octanol–water partition coefficient (Wildman–Crippen LogP) is 0.697. The molecule has 1 atom stereocenters. The second-order valence-corrected chi connectivity index (χ2v) is 5.82. The summed E-state index contributed by atoms with van der Waals surface area (Å²) in [4.78, 5) is 10.6. The van der Waals surface area contributed by atoms with Crippen molar-refractivity contribution < 1.29 is 23.4 Å². The third-order valence-electron chi connectivity index (χ3n) is 2.05. The first-order chi connectivity index (χ1) is 8.24. The Hall–Kier alpha value is -1.15. The molecule has 3 N–H and O–H groups in total. The van der Waals surface area contributed by atoms with E-state index in [9.17, 15) is 13.2 Å². The van der Waals surface area contributed by atoms with Crippen LogP contribution < -0.4 is 4.72 Å². The van der Waals surface area contributed by atoms with Crippen LogP contribution in [0, 0.1) is 0 Å². The number of nitrogens with one attached hydrogen (secondary N) is 1. The van der Waals surface area contributed by atoms with Crippen LogP contribution in [0.1, 0.15) is 17.3 Å². The average molecular weight is 294 g/mol. The van der Waals surface area contributed by atoms with Crippen LogP contribution in [0.25, 0.3) is 0 Å². The molecule has 0 aliphatic carbocycles. The minimum Gasteiger partial charge on any atom is -0.478 e. The summed E-state index contributed by atoms with van der Waals surface area (Å²) in [5, 5.41) is 17.6. The van der Waals surface area contributed by atoms with Crippen LogP contribution in [-0.4, -0.2) is 37.2 Å². The lowest BCUT2D eigenvalue weighted by atomic mass is 10.2. The lowest BCUT2D eigenvalue weighted by Crippen LogP contribution is -2.30. The van der Waals surface area contributed by atoms with E-state index in [0.717, 1.165) is 18.2 Å². The second kappa shape index (κ2) is 5.66. The van der Waals surface area contributed by atoms with Gasteiger partial charge in [-0.2, -0.15) is 0 Å². The Labute approximate surface area is 109 Å². The molecule has 0 aromatic heterocycles. The number of carbonyl (C=O) groups is 1. The van der Waals surface area contributed by atoms with Crippen molar-refractivity contribution >= 4 is 27.6 Å². The number of hydrogen-bond acceptors (Lipinski definition) is 4. The highest BCUT2D eigenvalue weighted by Gasteiger charge is 2.17. The van der Waals surface area contributed by atoms with E-state index in [0.29, 0.717) is 0 Å². The first-order valence-corrected chi connectivity index (χ1v) is 6.80. The van der Waals surface area contributed by atoms with Crippen LogP contribution in [0.4, 0.5) is 0 Å². The molecule has 100 valence electrons. The predicted molar refractivity (Wildman–Crippen MR) is 65.3 cm³/mol. The fourth-order valence-electron chi connectivity index (χ4n) is 1.15. The smallest absolute Gasteiger partial charge is 0.337 e. The van der Waals surface area contributed by atoms with Crippen molar-refractivity contribution in [2.45, 2.75) is 17.9 Å². The zero-order chi connectivity index (χ0) is 13.9. The minimum absolute atomic E-state index is 0.138. The number of hydrogen-bond donors (Lipinski definition) is 3. The summed E-state index contributed by atoms with van der Waals surface area (Å²) in [5.74, 6) is -1.24. The quantitative estimate of drug-likeness (QED) is 0.741. The summed E-state index contributed by atoms with van der Waals surface area (Å²) in [6.45, 7) is 1.30. The fraction of sp³-hybridized carbons (Fsp3) is 0.300. The van der Waals surface area contributed by atoms with Crippen molar-refractivity contribution in [3.63, 3.8) is 0 Å². The van der Waals surface area contributed by atoms with E-state index < -0.39 is 22.1 Å². The lowest BCUT2D eigenvalue weighted by Gasteiger charge is -2.09. The number of aliphatic hydroxyl groups excluding tert-OH is 1. The van der Waals surface area contributed by atoms with Gasteiger partial charge < -0.3 is 10.2 Å². The molecule has 0 bridgehead atoms. The maximum Gasteiger partial charge on any atom is 0.337 e. The van der Waals surface area contributed by atoms with Gasteiger partial charge in [-0.05, 0) is 25.1 Å². The molecule has 6 nitrogen and oxygen atoms in total. The first-order valence-electron chi connectivity index (χ1n) is 4.94. The summed E-state index contributed by atoms with van der Waals surface area (Å²) >= 11 is 5.67. The second-order valence-electron chi connectivity index (χ2n) is 3.65. The van der Waals surface area contributed by atoms with Gasteiger partial charge in [-0.1, -0.05) is 11.6 Å². The molecule has 0 radical (unpaired) electrons. The van der Waals surface area contributed by atoms with E-state index in [1.165, 1.54) is 6.92 Å². The van der Waals surface area contributed by atoms with Crippen molar-refractivity contribution in [3.8, 4) is 0 Å². The zero-order valence-electron chi connectivity index (χ0n) is 9.42. The maximum atomic E-state index is 11.7. The number of aliphatic hydroxyl groups is 1. The van der Waals surface area contributed by atoms with E-state index in [1.54, 1.807) is 0 Å². The number of benzene rings is 1. The van der Waals surface area contributed by atoms with Crippen LogP contribution in [0.5, 0.6) is 0 Å². The van der Waals surface area contributed by atoms with E-state index in [2.05, 4.69) is 4.72 Å². The first kappa shape index (κ1) is 14.9. The molecule has 8 heteroatoms. The molecule has 18 heavy (non-hydrogen) atoms. The average Bonchev–Trinajstić information content (AvgIpc) is 2.26. The molecule has 0 aliphatic rings. The van der Waals surface area contributed by atoms with Gasteiger partial charge >= 0.3 is 5.97 Å². The topological polar surface area (TPSA) is 104 Å². The molecule has 0 saturated heterocycles. The van der Waals surface area contributed by atoms with Crippen LogP contribution in [0.3, 0.4) is 0 Å². The Morgan fingerprint density at radius 1 is 1.50 bits per heavy atom. The van der Waals surface area contributed by atoms with Crippen molar-refractivity contribution in [1.82, 2.24) is 4.72 Å². The van der Waals surface area contributed by atoms with Crippen molar-refractivity contribution in [2.75, 3.05) is 6.54 Å². The molecule has 0 aliphatic heterocycles. The van der Waals surface area contributed by atoms with Gasteiger partial charge in [-0.3, -0.25) is 0 Å². The van der Waals surface area contributed by atoms with Gasteiger partial charge in [-0.15, -0.1) is 0 Å². The number of carboxylic acids is 1. The number of halogens is 1. The van der Waals surface area contributed by atoms with E-state index in [4.69, 9.17) is 21.8 Å². The Bertz CT molecular complexity index is 555. The molecular weight excluding hydrogens is 282 g/mol. The Kier molecular flexibility index (Phi) is 4.69. The molecule has 0 heterocycles. The highest BCUT2D eigenvalue weighted by atomic mass is 35.5. The molecule has 0 unspecified atom stereocenters. The van der Waals surface area contributed by atoms with Crippen LogP contribution in [0.2, 0.25) is 5.02 Å². The van der Waals surface area contributed by atoms with Crippen molar-refractivity contribution in [3.05, 3.63) is 28.8 Å². The van der Waals surface area contributed by atoms with Gasteiger partial charge in [0, 0.05) is 6.54 Å². The van der Waals surface area contributed by atoms with Gasteiger partial charge in [-0.25, -0.2) is 17.9 Å². The lowest BCUT2D eigenvalue weighted by molar-refractivity contribution is 0.0697. The summed E-state index contributed by atoms with van der Waals surface area (Å²) in [7, 11) is -3.81. The molecule has 1 aromatic carbocycles. The Balaban J connectivity index is 3.04. The van der Waals surface area contributed by atoms with Gasteiger partial charge in [0.25, 0.3) is 0 Å². The van der Waals surface area contributed by atoms with E-state index in [1.807, 2.05) is 0 Å². The number of rotatable bonds is 5. The van der Waals surface area contributed by atoms with Gasteiger partial charge in [0.15, 0.2) is 0 Å². The van der Waals surface area contributed by atoms with Gasteiger partial charge in [0.2, 0.25) is 10.0 Å². The molecule has 0 saturated carbocycles. The summed E-state index contributed by atoms with van der Waals surface area (Å²) in [6, 6.07) is 3.30. The van der Waals surface area contributed by atoms with Gasteiger partial charge in [0.05, 0.1) is 21.6 Å². The SMILES string of the molecule is C[C@@H](O)CNS(=O)(=O)c1ccc(C(=O)O)c(Cl)c1. The number of aromatic carboxylic acids is 1. The third kappa shape index (κ3) is 3.67. The molecule has 0 fully saturated rings. The van der Waals surface area contributed by atoms with Crippen LogP contribution >= 0.6 is 11.6 Å². The molecule has 0 amide bonds. The number of sulfonamides is 1. The molecule has 0 spiro atoms. The van der Waals surface area contributed by atoms with E-state index in [-0.39, 0.29) is 22.0 Å². The molecular formula is C10H12ClNO5S. The van der Waals surface area contributed by atoms with Crippen molar-refractivity contribution in [1.29, 1.82) is 0 Å². The Morgan fingerprint density at radius 3 is 2.56 bits per heavy atom. The summed E-state index contributed by atoms with van der Waals surface area (Å²) in [6.07, 6.45) is -0.825. The normalized spacial score (nSPS) is 13.3. The highest BCUT2D eigenvalue weighted by molar-refractivity contribution is 7.89. The summed E-state index contributed by atoms with van der Waals surface area (Å²) in [5.41, 5.74) is -0.175. The maximum absolute atomic E-state index is 11.7. The zero-order valence-corrected chi connectivity index (χ0v) is 11.0. The van der Waals surface area contributed by atoms with Crippen molar-refractivity contribution in [2.24, 2.45) is 0 Å².